The van der Waals surface area contributed by atoms with E-state index in [1.54, 1.807) is 19.2 Å². The molecule has 0 saturated carbocycles. The van der Waals surface area contributed by atoms with Gasteiger partial charge in [-0.2, -0.15) is 0 Å². The summed E-state index contributed by atoms with van der Waals surface area (Å²) >= 11 is 3.33. The Labute approximate surface area is 131 Å². The van der Waals surface area contributed by atoms with Crippen molar-refractivity contribution < 1.29 is 4.79 Å². The van der Waals surface area contributed by atoms with Gasteiger partial charge in [0.05, 0.1) is 0 Å². The maximum atomic E-state index is 11.9. The van der Waals surface area contributed by atoms with E-state index in [-0.39, 0.29) is 18.0 Å². The predicted molar refractivity (Wildman–Crippen MR) is 86.3 cm³/mol. The van der Waals surface area contributed by atoms with Crippen LogP contribution in [-0.2, 0) is 17.8 Å². The van der Waals surface area contributed by atoms with Crippen molar-refractivity contribution in [3.05, 3.63) is 68.5 Å². The van der Waals surface area contributed by atoms with Gasteiger partial charge in [0.15, 0.2) is 0 Å². The number of pyridine rings is 1. The molecule has 0 aliphatic heterocycles. The normalized spacial score (nSPS) is 10.4. The van der Waals surface area contributed by atoms with Crippen LogP contribution in [0.5, 0.6) is 0 Å². The molecule has 1 amide bonds. The van der Waals surface area contributed by atoms with Gasteiger partial charge in [-0.1, -0.05) is 30.3 Å². The molecule has 0 aliphatic rings. The summed E-state index contributed by atoms with van der Waals surface area (Å²) in [4.78, 5) is 23.8. The Morgan fingerprint density at radius 2 is 2.00 bits per heavy atom. The number of nitrogens with one attached hydrogen (secondary N) is 1. The summed E-state index contributed by atoms with van der Waals surface area (Å²) in [6, 6.07) is 11.7. The van der Waals surface area contributed by atoms with E-state index in [1.807, 2.05) is 30.3 Å². The van der Waals surface area contributed by atoms with Gasteiger partial charge in [-0.15, -0.1) is 0 Å². The predicted octanol–water partition coefficient (Wildman–Crippen LogP) is 2.28. The topological polar surface area (TPSA) is 51.1 Å². The Hall–Kier alpha value is -1.88. The summed E-state index contributed by atoms with van der Waals surface area (Å²) < 4.78 is 2.20. The molecule has 0 radical (unpaired) electrons. The van der Waals surface area contributed by atoms with Crippen LogP contribution in [-0.4, -0.2) is 17.0 Å². The molecule has 0 unspecified atom stereocenters. The van der Waals surface area contributed by atoms with Crippen LogP contribution in [0.3, 0.4) is 0 Å². The fourth-order valence-corrected chi connectivity index (χ4v) is 2.65. The number of hydrogen-bond acceptors (Lipinski definition) is 2. The van der Waals surface area contributed by atoms with Gasteiger partial charge in [0, 0.05) is 22.8 Å². The zero-order chi connectivity index (χ0) is 15.2. The van der Waals surface area contributed by atoms with Crippen LogP contribution in [0.4, 0.5) is 0 Å². The second-order valence-corrected chi connectivity index (χ2v) is 5.78. The summed E-state index contributed by atoms with van der Waals surface area (Å²) in [7, 11) is 0. The molecule has 1 aromatic carbocycles. The molecule has 0 bridgehead atoms. The summed E-state index contributed by atoms with van der Waals surface area (Å²) in [5.41, 5.74) is 1.64. The zero-order valence-electron chi connectivity index (χ0n) is 11.8. The van der Waals surface area contributed by atoms with Crippen LogP contribution in [0.2, 0.25) is 0 Å². The highest BCUT2D eigenvalue weighted by molar-refractivity contribution is 9.10. The third kappa shape index (κ3) is 4.56. The van der Waals surface area contributed by atoms with Crippen molar-refractivity contribution in [3.63, 3.8) is 0 Å². The Morgan fingerprint density at radius 3 is 2.71 bits per heavy atom. The Kier molecular flexibility index (Phi) is 5.33. The smallest absolute Gasteiger partial charge is 0.253 e. The summed E-state index contributed by atoms with van der Waals surface area (Å²) in [5.74, 6) is -0.162. The molecule has 0 spiro atoms. The molecule has 2 aromatic rings. The maximum absolute atomic E-state index is 11.9. The maximum Gasteiger partial charge on any atom is 0.253 e. The highest BCUT2D eigenvalue weighted by Crippen LogP contribution is 2.07. The fourth-order valence-electron chi connectivity index (χ4n) is 2.06. The van der Waals surface area contributed by atoms with E-state index in [1.165, 1.54) is 10.1 Å². The third-order valence-corrected chi connectivity index (χ3v) is 3.56. The first-order valence-corrected chi connectivity index (χ1v) is 7.53. The average Bonchev–Trinajstić information content (AvgIpc) is 2.45. The monoisotopic (exact) mass is 348 g/mol. The van der Waals surface area contributed by atoms with E-state index in [0.717, 1.165) is 10.9 Å². The first-order valence-electron chi connectivity index (χ1n) is 6.73. The number of carbonyl (C=O) groups excluding carboxylic acids is 1. The molecule has 5 heteroatoms. The fraction of sp³-hybridized carbons (Fsp3) is 0.250. The number of hydrogen-bond donors (Lipinski definition) is 1. The van der Waals surface area contributed by atoms with Gasteiger partial charge in [0.1, 0.15) is 6.54 Å². The lowest BCUT2D eigenvalue weighted by molar-refractivity contribution is -0.121. The van der Waals surface area contributed by atoms with E-state index < -0.39 is 0 Å². The number of nitrogens with zero attached hydrogens (tertiary/aromatic N) is 1. The Bertz CT molecular complexity index is 680. The van der Waals surface area contributed by atoms with Gasteiger partial charge in [-0.3, -0.25) is 9.59 Å². The minimum absolute atomic E-state index is 0.0356. The number of halogens is 1. The first-order chi connectivity index (χ1) is 10.1. The van der Waals surface area contributed by atoms with Crippen molar-refractivity contribution in [2.75, 3.05) is 6.54 Å². The third-order valence-electron chi connectivity index (χ3n) is 3.12. The zero-order valence-corrected chi connectivity index (χ0v) is 13.4. The van der Waals surface area contributed by atoms with Gasteiger partial charge >= 0.3 is 0 Å². The van der Waals surface area contributed by atoms with Gasteiger partial charge in [-0.25, -0.2) is 0 Å². The molecule has 4 nitrogen and oxygen atoms in total. The van der Waals surface area contributed by atoms with Crippen molar-refractivity contribution >= 4 is 21.8 Å². The van der Waals surface area contributed by atoms with Crippen LogP contribution in [0, 0.1) is 6.92 Å². The van der Waals surface area contributed by atoms with Crippen molar-refractivity contribution in [1.29, 1.82) is 0 Å². The van der Waals surface area contributed by atoms with Gasteiger partial charge in [0.2, 0.25) is 5.91 Å². The molecule has 2 rings (SSSR count). The summed E-state index contributed by atoms with van der Waals surface area (Å²) in [6.45, 7) is 2.33. The van der Waals surface area contributed by atoms with Gasteiger partial charge in [0.25, 0.3) is 5.56 Å². The van der Waals surface area contributed by atoms with Crippen LogP contribution < -0.4 is 10.9 Å². The molecular formula is C16H17BrN2O2. The van der Waals surface area contributed by atoms with Crippen LogP contribution in [0.25, 0.3) is 0 Å². The molecule has 0 aliphatic carbocycles. The lowest BCUT2D eigenvalue weighted by Crippen LogP contribution is -2.33. The number of rotatable bonds is 5. The number of aryl methyl sites for hydroxylation is 1. The van der Waals surface area contributed by atoms with E-state index in [2.05, 4.69) is 21.2 Å². The Balaban J connectivity index is 1.89. The van der Waals surface area contributed by atoms with Crippen molar-refractivity contribution in [2.24, 2.45) is 0 Å². The Morgan fingerprint density at radius 1 is 1.29 bits per heavy atom. The lowest BCUT2D eigenvalue weighted by Gasteiger charge is -2.09. The van der Waals surface area contributed by atoms with Crippen molar-refractivity contribution in [1.82, 2.24) is 9.88 Å². The summed E-state index contributed by atoms with van der Waals surface area (Å²) in [6.07, 6.45) is 2.41. The van der Waals surface area contributed by atoms with E-state index in [9.17, 15) is 9.59 Å². The standard InChI is InChI=1S/C16H17BrN2O2/c1-12-9-14(17)10-19(16(12)21)11-15(20)18-8-7-13-5-3-2-4-6-13/h2-6,9-10H,7-8,11H2,1H3,(H,18,20). The highest BCUT2D eigenvalue weighted by Gasteiger charge is 2.06. The van der Waals surface area contributed by atoms with E-state index in [4.69, 9.17) is 0 Å². The molecule has 0 atom stereocenters. The molecule has 0 fully saturated rings. The van der Waals surface area contributed by atoms with E-state index in [0.29, 0.717) is 12.1 Å². The molecule has 21 heavy (non-hydrogen) atoms. The average molecular weight is 349 g/mol. The quantitative estimate of drug-likeness (QED) is 0.901. The second kappa shape index (κ2) is 7.22. The molecule has 0 saturated heterocycles. The number of carbonyl (C=O) groups is 1. The van der Waals surface area contributed by atoms with Crippen molar-refractivity contribution in [2.45, 2.75) is 19.9 Å². The lowest BCUT2D eigenvalue weighted by atomic mass is 10.1. The molecule has 110 valence electrons. The SMILES string of the molecule is Cc1cc(Br)cn(CC(=O)NCCc2ccccc2)c1=O. The molecule has 1 aromatic heterocycles. The minimum atomic E-state index is -0.162. The summed E-state index contributed by atoms with van der Waals surface area (Å²) in [5, 5.41) is 2.83. The number of aromatic nitrogens is 1. The number of benzene rings is 1. The van der Waals surface area contributed by atoms with Crippen molar-refractivity contribution in [3.8, 4) is 0 Å². The second-order valence-electron chi connectivity index (χ2n) is 4.86. The highest BCUT2D eigenvalue weighted by atomic mass is 79.9. The molecule has 1 heterocycles. The largest absolute Gasteiger partial charge is 0.354 e. The van der Waals surface area contributed by atoms with Crippen LogP contribution in [0.15, 0.2) is 51.9 Å². The minimum Gasteiger partial charge on any atom is -0.354 e. The van der Waals surface area contributed by atoms with Crippen LogP contribution in [0.1, 0.15) is 11.1 Å². The molecule has 1 N–H and O–H groups in total. The first kappa shape index (κ1) is 15.5. The van der Waals surface area contributed by atoms with Gasteiger partial charge < -0.3 is 9.88 Å². The number of amides is 1. The van der Waals surface area contributed by atoms with Crippen LogP contribution >= 0.6 is 15.9 Å². The molecular weight excluding hydrogens is 332 g/mol. The van der Waals surface area contributed by atoms with Gasteiger partial charge in [-0.05, 0) is 40.9 Å². The van der Waals surface area contributed by atoms with E-state index >= 15 is 0 Å².